The quantitative estimate of drug-likeness (QED) is 0.267. The second-order valence-electron chi connectivity index (χ2n) is 2.31. The van der Waals surface area contributed by atoms with E-state index in [1.54, 1.807) is 0 Å². The lowest BCUT2D eigenvalue weighted by molar-refractivity contribution is 0.700. The number of hydrogen-bond donors (Lipinski definition) is 2. The highest BCUT2D eigenvalue weighted by molar-refractivity contribution is 5.83. The third-order valence-electron chi connectivity index (χ3n) is 1.56. The Kier molecular flexibility index (Phi) is 4.94. The molecule has 0 aliphatic carbocycles. The number of nitrogens with zero attached hydrogens (tertiary/aromatic N) is 1. The third kappa shape index (κ3) is 2.82. The Bertz CT molecular complexity index is 109. The highest BCUT2D eigenvalue weighted by Crippen LogP contribution is 2.00. The van der Waals surface area contributed by atoms with Gasteiger partial charge in [0, 0.05) is 12.5 Å². The van der Waals surface area contributed by atoms with Crippen LogP contribution in [0.15, 0.2) is 4.99 Å². The van der Waals surface area contributed by atoms with E-state index >= 15 is 0 Å². The zero-order valence-corrected chi connectivity index (χ0v) is 7.02. The average Bonchev–Trinajstić information content (AvgIpc) is 1.99. The molecule has 0 heterocycles. The van der Waals surface area contributed by atoms with Crippen molar-refractivity contribution in [3.63, 3.8) is 0 Å². The normalized spacial score (nSPS) is 15.0. The summed E-state index contributed by atoms with van der Waals surface area (Å²) in [7, 11) is 0. The van der Waals surface area contributed by atoms with Crippen molar-refractivity contribution >= 4 is 5.84 Å². The molecule has 0 aromatic rings. The van der Waals surface area contributed by atoms with E-state index in [0.29, 0.717) is 5.92 Å². The molecule has 10 heavy (non-hydrogen) atoms. The molecule has 0 saturated carbocycles. The second-order valence-corrected chi connectivity index (χ2v) is 2.31. The van der Waals surface area contributed by atoms with Gasteiger partial charge in [-0.1, -0.05) is 13.8 Å². The Morgan fingerprint density at radius 2 is 2.20 bits per heavy atom. The predicted molar refractivity (Wildman–Crippen MR) is 44.8 cm³/mol. The Labute approximate surface area is 62.7 Å². The summed E-state index contributed by atoms with van der Waals surface area (Å²) in [6.07, 6.45) is 1.07. The smallest absolute Gasteiger partial charge is 0.113 e. The van der Waals surface area contributed by atoms with Gasteiger partial charge in [0.05, 0.1) is 0 Å². The van der Waals surface area contributed by atoms with Gasteiger partial charge in [-0.25, -0.2) is 5.84 Å². The maximum Gasteiger partial charge on any atom is 0.113 e. The summed E-state index contributed by atoms with van der Waals surface area (Å²) in [5, 5.41) is 0. The lowest BCUT2D eigenvalue weighted by atomic mass is 10.1. The SMILES string of the molecule is CCN=C(NN)C(C)CC. The van der Waals surface area contributed by atoms with Crippen LogP contribution in [0.1, 0.15) is 27.2 Å². The van der Waals surface area contributed by atoms with Gasteiger partial charge in [0.2, 0.25) is 0 Å². The number of hydrazine groups is 1. The van der Waals surface area contributed by atoms with Crippen molar-refractivity contribution in [1.82, 2.24) is 5.43 Å². The van der Waals surface area contributed by atoms with Gasteiger partial charge in [0.15, 0.2) is 0 Å². The lowest BCUT2D eigenvalue weighted by Crippen LogP contribution is -2.35. The lowest BCUT2D eigenvalue weighted by Gasteiger charge is -2.10. The summed E-state index contributed by atoms with van der Waals surface area (Å²) in [4.78, 5) is 4.19. The fourth-order valence-electron chi connectivity index (χ4n) is 0.707. The van der Waals surface area contributed by atoms with Crippen LogP contribution in [-0.4, -0.2) is 12.4 Å². The van der Waals surface area contributed by atoms with Gasteiger partial charge in [-0.2, -0.15) is 0 Å². The van der Waals surface area contributed by atoms with Gasteiger partial charge in [0.1, 0.15) is 5.84 Å². The number of rotatable bonds is 3. The summed E-state index contributed by atoms with van der Waals surface area (Å²) in [5.41, 5.74) is 2.60. The van der Waals surface area contributed by atoms with Crippen LogP contribution in [0.4, 0.5) is 0 Å². The van der Waals surface area contributed by atoms with Crippen LogP contribution in [0, 0.1) is 5.92 Å². The zero-order valence-electron chi connectivity index (χ0n) is 7.02. The first-order valence-corrected chi connectivity index (χ1v) is 3.77. The molecule has 1 unspecified atom stereocenters. The molecule has 0 saturated heterocycles. The summed E-state index contributed by atoms with van der Waals surface area (Å²) in [6, 6.07) is 0. The van der Waals surface area contributed by atoms with E-state index < -0.39 is 0 Å². The third-order valence-corrected chi connectivity index (χ3v) is 1.56. The van der Waals surface area contributed by atoms with Crippen LogP contribution in [0.5, 0.6) is 0 Å². The first kappa shape index (κ1) is 9.43. The number of aliphatic imine (C=N–C) groups is 1. The Morgan fingerprint density at radius 3 is 2.50 bits per heavy atom. The molecule has 0 radical (unpaired) electrons. The molecule has 0 fully saturated rings. The Morgan fingerprint density at radius 1 is 1.60 bits per heavy atom. The van der Waals surface area contributed by atoms with Crippen LogP contribution >= 0.6 is 0 Å². The Hall–Kier alpha value is -0.570. The van der Waals surface area contributed by atoms with Crippen LogP contribution in [0.2, 0.25) is 0 Å². The van der Waals surface area contributed by atoms with Crippen molar-refractivity contribution in [2.45, 2.75) is 27.2 Å². The number of nitrogens with one attached hydrogen (secondary N) is 1. The second kappa shape index (κ2) is 5.23. The van der Waals surface area contributed by atoms with Gasteiger partial charge in [-0.15, -0.1) is 0 Å². The maximum absolute atomic E-state index is 5.25. The molecule has 0 amide bonds. The highest BCUT2D eigenvalue weighted by atomic mass is 15.3. The molecular formula is C7H17N3. The predicted octanol–water partition coefficient (Wildman–Crippen LogP) is 0.914. The molecule has 0 aliphatic rings. The molecule has 1 atom stereocenters. The monoisotopic (exact) mass is 143 g/mol. The van der Waals surface area contributed by atoms with Crippen molar-refractivity contribution in [1.29, 1.82) is 0 Å². The number of nitrogens with two attached hydrogens (primary N) is 1. The van der Waals surface area contributed by atoms with Gasteiger partial charge < -0.3 is 5.43 Å². The van der Waals surface area contributed by atoms with Gasteiger partial charge in [0.25, 0.3) is 0 Å². The summed E-state index contributed by atoms with van der Waals surface area (Å²) in [6.45, 7) is 7.02. The van der Waals surface area contributed by atoms with Crippen molar-refractivity contribution in [2.75, 3.05) is 6.54 Å². The van der Waals surface area contributed by atoms with E-state index in [1.165, 1.54) is 0 Å². The maximum atomic E-state index is 5.25. The van der Waals surface area contributed by atoms with Crippen LogP contribution < -0.4 is 11.3 Å². The molecule has 0 rings (SSSR count). The van der Waals surface area contributed by atoms with E-state index in [9.17, 15) is 0 Å². The minimum absolute atomic E-state index is 0.449. The summed E-state index contributed by atoms with van der Waals surface area (Å²) >= 11 is 0. The van der Waals surface area contributed by atoms with Gasteiger partial charge in [-0.3, -0.25) is 4.99 Å². The number of hydrogen-bond acceptors (Lipinski definition) is 2. The van der Waals surface area contributed by atoms with Gasteiger partial charge in [-0.05, 0) is 13.3 Å². The van der Waals surface area contributed by atoms with E-state index in [2.05, 4.69) is 24.3 Å². The van der Waals surface area contributed by atoms with E-state index in [0.717, 1.165) is 18.8 Å². The summed E-state index contributed by atoms with van der Waals surface area (Å²) in [5.74, 6) is 6.61. The molecule has 3 N–H and O–H groups in total. The van der Waals surface area contributed by atoms with E-state index in [-0.39, 0.29) is 0 Å². The molecule has 0 bridgehead atoms. The van der Waals surface area contributed by atoms with Crippen molar-refractivity contribution in [3.8, 4) is 0 Å². The standard InChI is InChI=1S/C7H17N3/c1-4-6(3)7(10-8)9-5-2/h6H,4-5,8H2,1-3H3,(H,9,10). The zero-order chi connectivity index (χ0) is 7.98. The van der Waals surface area contributed by atoms with Gasteiger partial charge >= 0.3 is 0 Å². The van der Waals surface area contributed by atoms with E-state index in [4.69, 9.17) is 5.84 Å². The van der Waals surface area contributed by atoms with Crippen LogP contribution in [-0.2, 0) is 0 Å². The largest absolute Gasteiger partial charge is 0.312 e. The van der Waals surface area contributed by atoms with Crippen LogP contribution in [0.3, 0.4) is 0 Å². The van der Waals surface area contributed by atoms with Crippen molar-refractivity contribution in [3.05, 3.63) is 0 Å². The molecule has 0 aromatic heterocycles. The first-order valence-electron chi connectivity index (χ1n) is 3.77. The topological polar surface area (TPSA) is 50.4 Å². The van der Waals surface area contributed by atoms with Crippen LogP contribution in [0.25, 0.3) is 0 Å². The molecule has 0 spiro atoms. The molecule has 3 nitrogen and oxygen atoms in total. The Balaban J connectivity index is 3.92. The first-order chi connectivity index (χ1) is 4.76. The van der Waals surface area contributed by atoms with E-state index in [1.807, 2.05) is 6.92 Å². The fourth-order valence-corrected chi connectivity index (χ4v) is 0.707. The highest BCUT2D eigenvalue weighted by Gasteiger charge is 2.04. The molecule has 0 aliphatic heterocycles. The molecule has 0 aromatic carbocycles. The van der Waals surface area contributed by atoms with Crippen molar-refractivity contribution in [2.24, 2.45) is 16.8 Å². The molecule has 60 valence electrons. The average molecular weight is 143 g/mol. The summed E-state index contributed by atoms with van der Waals surface area (Å²) < 4.78 is 0. The van der Waals surface area contributed by atoms with Crippen molar-refractivity contribution < 1.29 is 0 Å². The minimum atomic E-state index is 0.449. The molecule has 3 heteroatoms. The fraction of sp³-hybridized carbons (Fsp3) is 0.857. The molecular weight excluding hydrogens is 126 g/mol. The minimum Gasteiger partial charge on any atom is -0.312 e. The number of amidine groups is 1.